The first kappa shape index (κ1) is 25.7. The molecule has 0 aliphatic rings. The average Bonchev–Trinajstić information content (AvgIpc) is 2.93. The highest BCUT2D eigenvalue weighted by molar-refractivity contribution is 6.02. The molecule has 190 valence electrons. The largest absolute Gasteiger partial charge is 0.494 e. The standard InChI is InChI=1S/C30H29FN2O4/c1-2-3-18-35-25-13-15-26(16-14-25)36-21-30(34)33-32-19-28-27-7-5-4-6-23(27)10-17-29(28)37-20-22-8-11-24(31)12-9-22/h4-17,19H,2-3,18,20-21H2,1H3,(H,33,34)/b32-19+. The van der Waals surface area contributed by atoms with E-state index < -0.39 is 5.91 Å². The molecule has 37 heavy (non-hydrogen) atoms. The molecular formula is C30H29FN2O4. The summed E-state index contributed by atoms with van der Waals surface area (Å²) in [6, 6.07) is 24.9. The fraction of sp³-hybridized carbons (Fsp3) is 0.200. The van der Waals surface area contributed by atoms with Crippen LogP contribution in [0.15, 0.2) is 90.0 Å². The third kappa shape index (κ3) is 7.54. The van der Waals surface area contributed by atoms with Gasteiger partial charge in [0, 0.05) is 5.56 Å². The maximum absolute atomic E-state index is 13.2. The van der Waals surface area contributed by atoms with E-state index in [0.717, 1.165) is 40.5 Å². The summed E-state index contributed by atoms with van der Waals surface area (Å²) in [6.07, 6.45) is 3.63. The number of hydrogen-bond acceptors (Lipinski definition) is 5. The number of nitrogens with one attached hydrogen (secondary N) is 1. The second-order valence-corrected chi connectivity index (χ2v) is 8.37. The van der Waals surface area contributed by atoms with E-state index in [1.807, 2.05) is 48.5 Å². The van der Waals surface area contributed by atoms with Crippen LogP contribution in [0, 0.1) is 5.82 Å². The van der Waals surface area contributed by atoms with E-state index in [1.54, 1.807) is 30.5 Å². The zero-order chi connectivity index (χ0) is 25.9. The van der Waals surface area contributed by atoms with Crippen LogP contribution in [0.2, 0.25) is 0 Å². The highest BCUT2D eigenvalue weighted by Gasteiger charge is 2.09. The third-order valence-corrected chi connectivity index (χ3v) is 5.58. The summed E-state index contributed by atoms with van der Waals surface area (Å²) in [6.45, 7) is 2.87. The lowest BCUT2D eigenvalue weighted by atomic mass is 10.0. The average molecular weight is 501 g/mol. The van der Waals surface area contributed by atoms with Crippen LogP contribution in [-0.2, 0) is 11.4 Å². The van der Waals surface area contributed by atoms with Gasteiger partial charge in [-0.05, 0) is 65.2 Å². The quantitative estimate of drug-likeness (QED) is 0.142. The topological polar surface area (TPSA) is 69.2 Å². The Kier molecular flexibility index (Phi) is 9.07. The Labute approximate surface area is 215 Å². The van der Waals surface area contributed by atoms with Gasteiger partial charge >= 0.3 is 0 Å². The van der Waals surface area contributed by atoms with Crippen LogP contribution in [0.1, 0.15) is 30.9 Å². The lowest BCUT2D eigenvalue weighted by Crippen LogP contribution is -2.24. The zero-order valence-corrected chi connectivity index (χ0v) is 20.7. The minimum atomic E-state index is -0.395. The molecule has 6 nitrogen and oxygen atoms in total. The fourth-order valence-corrected chi connectivity index (χ4v) is 3.59. The van der Waals surface area contributed by atoms with Gasteiger partial charge in [0.15, 0.2) is 6.61 Å². The highest BCUT2D eigenvalue weighted by Crippen LogP contribution is 2.27. The van der Waals surface area contributed by atoms with Crippen LogP contribution in [0.3, 0.4) is 0 Å². The molecule has 1 amide bonds. The second-order valence-electron chi connectivity index (χ2n) is 8.37. The van der Waals surface area contributed by atoms with Crippen LogP contribution in [0.5, 0.6) is 17.2 Å². The van der Waals surface area contributed by atoms with Crippen LogP contribution in [0.4, 0.5) is 4.39 Å². The molecule has 4 aromatic carbocycles. The van der Waals surface area contributed by atoms with Crippen molar-refractivity contribution in [2.24, 2.45) is 5.10 Å². The van der Waals surface area contributed by atoms with Crippen molar-refractivity contribution in [1.29, 1.82) is 0 Å². The van der Waals surface area contributed by atoms with Gasteiger partial charge in [0.1, 0.15) is 29.7 Å². The molecule has 0 aliphatic heterocycles. The number of fused-ring (bicyclic) bond motifs is 1. The summed E-state index contributed by atoms with van der Waals surface area (Å²) in [5.41, 5.74) is 4.06. The molecule has 0 radical (unpaired) electrons. The van der Waals surface area contributed by atoms with E-state index >= 15 is 0 Å². The first-order chi connectivity index (χ1) is 18.1. The van der Waals surface area contributed by atoms with Crippen LogP contribution in [-0.4, -0.2) is 25.3 Å². The number of amides is 1. The van der Waals surface area contributed by atoms with Gasteiger partial charge in [-0.3, -0.25) is 4.79 Å². The van der Waals surface area contributed by atoms with Gasteiger partial charge in [0.25, 0.3) is 5.91 Å². The lowest BCUT2D eigenvalue weighted by Gasteiger charge is -2.12. The molecule has 0 aliphatic carbocycles. The van der Waals surface area contributed by atoms with Crippen LogP contribution >= 0.6 is 0 Å². The smallest absolute Gasteiger partial charge is 0.277 e. The van der Waals surface area contributed by atoms with Gasteiger partial charge in [-0.15, -0.1) is 0 Å². The fourth-order valence-electron chi connectivity index (χ4n) is 3.59. The maximum Gasteiger partial charge on any atom is 0.277 e. The summed E-state index contributed by atoms with van der Waals surface area (Å²) >= 11 is 0. The van der Waals surface area contributed by atoms with Crippen molar-refractivity contribution in [3.05, 3.63) is 102 Å². The molecule has 0 aromatic heterocycles. The summed E-state index contributed by atoms with van der Waals surface area (Å²) in [7, 11) is 0. The SMILES string of the molecule is CCCCOc1ccc(OCC(=O)N/N=C/c2c(OCc3ccc(F)cc3)ccc3ccccc23)cc1. The number of halogens is 1. The molecule has 0 unspecified atom stereocenters. The van der Waals surface area contributed by atoms with Crippen molar-refractivity contribution in [2.45, 2.75) is 26.4 Å². The maximum atomic E-state index is 13.2. The summed E-state index contributed by atoms with van der Waals surface area (Å²) in [5.74, 6) is 1.23. The minimum Gasteiger partial charge on any atom is -0.494 e. The molecule has 4 rings (SSSR count). The Bertz CT molecular complexity index is 1340. The molecular weight excluding hydrogens is 471 g/mol. The predicted octanol–water partition coefficient (Wildman–Crippen LogP) is 6.27. The van der Waals surface area contributed by atoms with Crippen LogP contribution in [0.25, 0.3) is 10.8 Å². The molecule has 0 fully saturated rings. The van der Waals surface area contributed by atoms with Gasteiger partial charge in [-0.1, -0.05) is 55.8 Å². The number of rotatable bonds is 12. The molecule has 0 bridgehead atoms. The van der Waals surface area contributed by atoms with E-state index in [1.165, 1.54) is 12.1 Å². The van der Waals surface area contributed by atoms with Crippen molar-refractivity contribution in [3.8, 4) is 17.2 Å². The van der Waals surface area contributed by atoms with E-state index in [9.17, 15) is 9.18 Å². The van der Waals surface area contributed by atoms with Crippen molar-refractivity contribution < 1.29 is 23.4 Å². The first-order valence-electron chi connectivity index (χ1n) is 12.2. The summed E-state index contributed by atoms with van der Waals surface area (Å²) in [5, 5.41) is 6.07. The van der Waals surface area contributed by atoms with Crippen molar-refractivity contribution in [1.82, 2.24) is 5.43 Å². The van der Waals surface area contributed by atoms with Crippen LogP contribution < -0.4 is 19.6 Å². The Hall–Kier alpha value is -4.39. The van der Waals surface area contributed by atoms with E-state index in [2.05, 4.69) is 17.5 Å². The van der Waals surface area contributed by atoms with Crippen molar-refractivity contribution in [3.63, 3.8) is 0 Å². The third-order valence-electron chi connectivity index (χ3n) is 5.58. The number of ether oxygens (including phenoxy) is 3. The molecule has 4 aromatic rings. The summed E-state index contributed by atoms with van der Waals surface area (Å²) in [4.78, 5) is 12.3. The molecule has 0 spiro atoms. The van der Waals surface area contributed by atoms with E-state index in [-0.39, 0.29) is 19.0 Å². The Balaban J connectivity index is 1.37. The molecule has 7 heteroatoms. The number of hydrogen-bond donors (Lipinski definition) is 1. The normalized spacial score (nSPS) is 11.0. The Morgan fingerprint density at radius 3 is 2.38 bits per heavy atom. The lowest BCUT2D eigenvalue weighted by molar-refractivity contribution is -0.123. The van der Waals surface area contributed by atoms with Gasteiger partial charge in [-0.25, -0.2) is 9.82 Å². The molecule has 0 heterocycles. The Morgan fingerprint density at radius 2 is 1.62 bits per heavy atom. The van der Waals surface area contributed by atoms with Gasteiger partial charge in [0.05, 0.1) is 12.8 Å². The van der Waals surface area contributed by atoms with E-state index in [0.29, 0.717) is 18.1 Å². The number of carbonyl (C=O) groups is 1. The molecule has 0 saturated heterocycles. The number of nitrogens with zero attached hydrogens (tertiary/aromatic N) is 1. The van der Waals surface area contributed by atoms with E-state index in [4.69, 9.17) is 14.2 Å². The number of carbonyl (C=O) groups excluding carboxylic acids is 1. The van der Waals surface area contributed by atoms with Gasteiger partial charge in [-0.2, -0.15) is 5.10 Å². The van der Waals surface area contributed by atoms with Crippen molar-refractivity contribution >= 4 is 22.9 Å². The van der Waals surface area contributed by atoms with Gasteiger partial charge < -0.3 is 14.2 Å². The van der Waals surface area contributed by atoms with Gasteiger partial charge in [0.2, 0.25) is 0 Å². The monoisotopic (exact) mass is 500 g/mol. The summed E-state index contributed by atoms with van der Waals surface area (Å²) < 4.78 is 30.4. The first-order valence-corrected chi connectivity index (χ1v) is 12.2. The Morgan fingerprint density at radius 1 is 0.892 bits per heavy atom. The second kappa shape index (κ2) is 13.1. The minimum absolute atomic E-state index is 0.184. The zero-order valence-electron chi connectivity index (χ0n) is 20.7. The van der Waals surface area contributed by atoms with Crippen molar-refractivity contribution in [2.75, 3.05) is 13.2 Å². The molecule has 0 saturated carbocycles. The number of hydrazone groups is 1. The molecule has 0 atom stereocenters. The highest BCUT2D eigenvalue weighted by atomic mass is 19.1. The molecule has 1 N–H and O–H groups in total. The number of unbranched alkanes of at least 4 members (excludes halogenated alkanes) is 1. The number of benzene rings is 4. The predicted molar refractivity (Wildman–Crippen MR) is 143 cm³/mol.